The lowest BCUT2D eigenvalue weighted by Crippen LogP contribution is -2.39. The summed E-state index contributed by atoms with van der Waals surface area (Å²) in [5, 5.41) is 0. The molecule has 0 aliphatic rings. The lowest BCUT2D eigenvalue weighted by molar-refractivity contribution is -0.274. The summed E-state index contributed by atoms with van der Waals surface area (Å²) in [6.07, 6.45) is -4.29. The quantitative estimate of drug-likeness (QED) is 0.404. The van der Waals surface area contributed by atoms with Gasteiger partial charge in [-0.25, -0.2) is 4.79 Å². The van der Waals surface area contributed by atoms with Gasteiger partial charge in [0.1, 0.15) is 11.5 Å². The van der Waals surface area contributed by atoms with Crippen molar-refractivity contribution in [1.82, 2.24) is 18.7 Å². The van der Waals surface area contributed by atoms with E-state index in [2.05, 4.69) is 9.72 Å². The van der Waals surface area contributed by atoms with Gasteiger partial charge in [0.25, 0.3) is 5.56 Å². The molecule has 2 aromatic heterocycles. The Morgan fingerprint density at radius 1 is 0.971 bits per heavy atom. The van der Waals surface area contributed by atoms with Gasteiger partial charge in [-0.15, -0.1) is 13.2 Å². The van der Waals surface area contributed by atoms with Crippen molar-refractivity contribution in [2.75, 3.05) is 0 Å². The molecule has 11 heteroatoms. The van der Waals surface area contributed by atoms with E-state index in [1.807, 2.05) is 37.3 Å². The Morgan fingerprint density at radius 3 is 2.35 bits per heavy atom. The second kappa shape index (κ2) is 9.08. The molecule has 2 aromatic carbocycles. The third-order valence-electron chi connectivity index (χ3n) is 5.08. The van der Waals surface area contributed by atoms with E-state index in [9.17, 15) is 22.8 Å². The normalized spacial score (nSPS) is 11.7. The average molecular weight is 474 g/mol. The molecule has 0 N–H and O–H groups in total. The van der Waals surface area contributed by atoms with Crippen LogP contribution in [0.3, 0.4) is 0 Å². The monoisotopic (exact) mass is 474 g/mol. The molecule has 0 spiro atoms. The van der Waals surface area contributed by atoms with Crippen molar-refractivity contribution in [3.05, 3.63) is 81.0 Å². The SMILES string of the molecule is CCCn1c(=O)c2c(nc(Oc3cccc(OC(F)(F)F)c3)n2Cc2ccccc2)n(C)c1=O. The molecule has 4 aromatic rings. The maximum absolute atomic E-state index is 13.3. The summed E-state index contributed by atoms with van der Waals surface area (Å²) in [6.45, 7) is 2.26. The molecule has 0 bridgehead atoms. The van der Waals surface area contributed by atoms with Crippen molar-refractivity contribution in [3.8, 4) is 17.5 Å². The first-order chi connectivity index (χ1) is 16.2. The van der Waals surface area contributed by atoms with Gasteiger partial charge in [0, 0.05) is 19.7 Å². The Kier molecular flexibility index (Phi) is 6.18. The van der Waals surface area contributed by atoms with Crippen LogP contribution >= 0.6 is 0 Å². The fourth-order valence-corrected chi connectivity index (χ4v) is 3.60. The number of halogens is 3. The van der Waals surface area contributed by atoms with E-state index in [4.69, 9.17) is 4.74 Å². The van der Waals surface area contributed by atoms with Crippen LogP contribution in [0, 0.1) is 0 Å². The number of hydrogen-bond donors (Lipinski definition) is 0. The first-order valence-corrected chi connectivity index (χ1v) is 10.5. The van der Waals surface area contributed by atoms with Gasteiger partial charge in [0.05, 0.1) is 6.54 Å². The molecule has 0 aliphatic heterocycles. The average Bonchev–Trinajstić information content (AvgIpc) is 3.13. The van der Waals surface area contributed by atoms with Crippen molar-refractivity contribution >= 4 is 11.2 Å². The van der Waals surface area contributed by atoms with E-state index in [0.717, 1.165) is 22.3 Å². The lowest BCUT2D eigenvalue weighted by atomic mass is 10.2. The number of benzene rings is 2. The van der Waals surface area contributed by atoms with Gasteiger partial charge in [-0.1, -0.05) is 43.3 Å². The lowest BCUT2D eigenvalue weighted by Gasteiger charge is -2.12. The Morgan fingerprint density at radius 2 is 1.68 bits per heavy atom. The van der Waals surface area contributed by atoms with E-state index in [1.165, 1.54) is 28.3 Å². The standard InChI is InChI=1S/C23H21F3N4O4/c1-3-12-29-20(31)18-19(28(2)22(29)32)27-21(30(18)14-15-8-5-4-6-9-15)33-16-10-7-11-17(13-16)34-23(24,25)26/h4-11,13H,3,12,14H2,1-2H3. The molecule has 0 radical (unpaired) electrons. The Balaban J connectivity index is 1.88. The summed E-state index contributed by atoms with van der Waals surface area (Å²) in [5.74, 6) is -0.446. The fourth-order valence-electron chi connectivity index (χ4n) is 3.60. The molecule has 34 heavy (non-hydrogen) atoms. The van der Waals surface area contributed by atoms with Gasteiger partial charge in [0.15, 0.2) is 11.2 Å². The van der Waals surface area contributed by atoms with Crippen LogP contribution in [0.25, 0.3) is 11.2 Å². The van der Waals surface area contributed by atoms with Crippen LogP contribution in [0.1, 0.15) is 18.9 Å². The largest absolute Gasteiger partial charge is 0.573 e. The van der Waals surface area contributed by atoms with Crippen LogP contribution in [0.4, 0.5) is 13.2 Å². The second-order valence-electron chi connectivity index (χ2n) is 7.56. The molecular formula is C23H21F3N4O4. The first kappa shape index (κ1) is 23.1. The summed E-state index contributed by atoms with van der Waals surface area (Å²) in [4.78, 5) is 30.3. The highest BCUT2D eigenvalue weighted by Gasteiger charge is 2.31. The third-order valence-corrected chi connectivity index (χ3v) is 5.08. The van der Waals surface area contributed by atoms with E-state index in [-0.39, 0.29) is 36.0 Å². The number of aryl methyl sites for hydroxylation is 1. The molecule has 0 unspecified atom stereocenters. The van der Waals surface area contributed by atoms with Crippen molar-refractivity contribution < 1.29 is 22.6 Å². The third kappa shape index (κ3) is 4.68. The maximum atomic E-state index is 13.3. The predicted molar refractivity (Wildman–Crippen MR) is 118 cm³/mol. The molecule has 0 saturated carbocycles. The van der Waals surface area contributed by atoms with E-state index in [0.29, 0.717) is 6.42 Å². The summed E-state index contributed by atoms with van der Waals surface area (Å²) in [7, 11) is 1.50. The Labute approximate surface area is 191 Å². The highest BCUT2D eigenvalue weighted by molar-refractivity contribution is 5.72. The molecule has 4 rings (SSSR count). The number of rotatable bonds is 7. The van der Waals surface area contributed by atoms with Crippen molar-refractivity contribution in [1.29, 1.82) is 0 Å². The van der Waals surface area contributed by atoms with E-state index < -0.39 is 23.4 Å². The van der Waals surface area contributed by atoms with E-state index >= 15 is 0 Å². The van der Waals surface area contributed by atoms with Crippen LogP contribution in [0.15, 0.2) is 64.2 Å². The summed E-state index contributed by atoms with van der Waals surface area (Å²) < 4.78 is 51.5. The van der Waals surface area contributed by atoms with Crippen molar-refractivity contribution in [2.45, 2.75) is 32.8 Å². The number of alkyl halides is 3. The Hall–Kier alpha value is -4.02. The highest BCUT2D eigenvalue weighted by Crippen LogP contribution is 2.30. The number of nitrogens with zero attached hydrogens (tertiary/aromatic N) is 4. The summed E-state index contributed by atoms with van der Waals surface area (Å²) in [5.41, 5.74) is 0.0485. The highest BCUT2D eigenvalue weighted by atomic mass is 19.4. The summed E-state index contributed by atoms with van der Waals surface area (Å²) >= 11 is 0. The molecule has 0 fully saturated rings. The minimum absolute atomic E-state index is 0.0188. The zero-order valence-corrected chi connectivity index (χ0v) is 18.4. The van der Waals surface area contributed by atoms with E-state index in [1.54, 1.807) is 0 Å². The second-order valence-corrected chi connectivity index (χ2v) is 7.56. The van der Waals surface area contributed by atoms with Crippen molar-refractivity contribution in [3.63, 3.8) is 0 Å². The van der Waals surface area contributed by atoms with Gasteiger partial charge in [-0.3, -0.25) is 18.5 Å². The number of hydrogen-bond acceptors (Lipinski definition) is 5. The van der Waals surface area contributed by atoms with Crippen LogP contribution in [-0.4, -0.2) is 25.0 Å². The molecule has 0 saturated heterocycles. The number of aromatic nitrogens is 4. The molecular weight excluding hydrogens is 453 g/mol. The molecule has 0 amide bonds. The van der Waals surface area contributed by atoms with Gasteiger partial charge < -0.3 is 9.47 Å². The molecule has 0 atom stereocenters. The maximum Gasteiger partial charge on any atom is 0.573 e. The fraction of sp³-hybridized carbons (Fsp3) is 0.261. The smallest absolute Gasteiger partial charge is 0.425 e. The van der Waals surface area contributed by atoms with Gasteiger partial charge in [0.2, 0.25) is 0 Å². The molecule has 178 valence electrons. The van der Waals surface area contributed by atoms with Crippen LogP contribution < -0.4 is 20.7 Å². The van der Waals surface area contributed by atoms with Gasteiger partial charge in [-0.2, -0.15) is 4.98 Å². The molecule has 0 aliphatic carbocycles. The van der Waals surface area contributed by atoms with Crippen LogP contribution in [0.2, 0.25) is 0 Å². The van der Waals surface area contributed by atoms with Gasteiger partial charge >= 0.3 is 18.1 Å². The zero-order valence-electron chi connectivity index (χ0n) is 18.4. The van der Waals surface area contributed by atoms with Gasteiger partial charge in [-0.05, 0) is 24.1 Å². The van der Waals surface area contributed by atoms with Crippen LogP contribution in [0.5, 0.6) is 17.5 Å². The predicted octanol–water partition coefficient (Wildman–Crippen LogP) is 4.05. The first-order valence-electron chi connectivity index (χ1n) is 10.5. The summed E-state index contributed by atoms with van der Waals surface area (Å²) in [6, 6.07) is 14.1. The minimum atomic E-state index is -4.86. The topological polar surface area (TPSA) is 80.3 Å². The Bertz CT molecular complexity index is 1440. The van der Waals surface area contributed by atoms with Crippen molar-refractivity contribution in [2.24, 2.45) is 7.05 Å². The number of ether oxygens (including phenoxy) is 2. The minimum Gasteiger partial charge on any atom is -0.425 e. The number of imidazole rings is 1. The zero-order chi connectivity index (χ0) is 24.5. The number of fused-ring (bicyclic) bond motifs is 1. The molecule has 8 nitrogen and oxygen atoms in total. The molecule has 2 heterocycles. The van der Waals surface area contributed by atoms with Crippen LogP contribution in [-0.2, 0) is 20.1 Å².